The quantitative estimate of drug-likeness (QED) is 0.312. The average molecular weight is 493 g/mol. The molecule has 0 amide bonds. The monoisotopic (exact) mass is 492 g/mol. The molecule has 3 aromatic rings. The van der Waals surface area contributed by atoms with Gasteiger partial charge in [-0.2, -0.15) is 0 Å². The molecule has 0 saturated heterocycles. The van der Waals surface area contributed by atoms with Crippen LogP contribution in [0, 0.1) is 11.7 Å². The van der Waals surface area contributed by atoms with E-state index in [0.29, 0.717) is 29.6 Å². The number of halogens is 1. The van der Waals surface area contributed by atoms with Gasteiger partial charge in [0, 0.05) is 5.56 Å². The van der Waals surface area contributed by atoms with Gasteiger partial charge < -0.3 is 14.6 Å². The molecule has 0 aliphatic heterocycles. The minimum atomic E-state index is -0.797. The van der Waals surface area contributed by atoms with Gasteiger partial charge in [0.25, 0.3) is 0 Å². The molecule has 1 N–H and O–H groups in total. The fourth-order valence-electron chi connectivity index (χ4n) is 4.52. The fourth-order valence-corrected chi connectivity index (χ4v) is 4.52. The molecule has 0 unspecified atom stereocenters. The van der Waals surface area contributed by atoms with Gasteiger partial charge in [0.15, 0.2) is 0 Å². The van der Waals surface area contributed by atoms with Gasteiger partial charge in [-0.3, -0.25) is 4.79 Å². The molecule has 3 rings (SSSR count). The summed E-state index contributed by atoms with van der Waals surface area (Å²) in [5.41, 5.74) is 4.08. The molecule has 0 heterocycles. The number of benzene rings is 3. The Balaban J connectivity index is 1.87. The van der Waals surface area contributed by atoms with Crippen LogP contribution in [0.2, 0.25) is 0 Å². The number of carboxylic acid groups (broad SMARTS) is 1. The van der Waals surface area contributed by atoms with Gasteiger partial charge in [-0.25, -0.2) is 4.39 Å². The molecule has 5 heteroatoms. The highest BCUT2D eigenvalue weighted by Crippen LogP contribution is 2.37. The van der Waals surface area contributed by atoms with Crippen molar-refractivity contribution in [1.29, 1.82) is 0 Å². The first-order valence-corrected chi connectivity index (χ1v) is 12.4. The van der Waals surface area contributed by atoms with Crippen LogP contribution in [0.3, 0.4) is 0 Å². The topological polar surface area (TPSA) is 55.8 Å². The lowest BCUT2D eigenvalue weighted by Gasteiger charge is -2.25. The Labute approximate surface area is 214 Å². The summed E-state index contributed by atoms with van der Waals surface area (Å²) in [6, 6.07) is 18.5. The van der Waals surface area contributed by atoms with Crippen molar-refractivity contribution >= 4 is 5.97 Å². The molecule has 0 aromatic heterocycles. The van der Waals surface area contributed by atoms with E-state index in [4.69, 9.17) is 9.47 Å². The van der Waals surface area contributed by atoms with E-state index in [9.17, 15) is 14.3 Å². The lowest BCUT2D eigenvalue weighted by atomic mass is 9.81. The number of carboxylic acids is 1. The summed E-state index contributed by atoms with van der Waals surface area (Å²) in [7, 11) is 1.57. The minimum absolute atomic E-state index is 0.0596. The van der Waals surface area contributed by atoms with E-state index < -0.39 is 5.97 Å². The third-order valence-corrected chi connectivity index (χ3v) is 6.27. The highest BCUT2D eigenvalue weighted by atomic mass is 19.1. The Bertz CT molecular complexity index is 1190. The first-order valence-electron chi connectivity index (χ1n) is 12.4. The molecule has 0 radical (unpaired) electrons. The van der Waals surface area contributed by atoms with Crippen molar-refractivity contribution in [2.24, 2.45) is 5.92 Å². The van der Waals surface area contributed by atoms with Gasteiger partial charge in [-0.05, 0) is 76.3 Å². The Kier molecular flexibility index (Phi) is 8.78. The van der Waals surface area contributed by atoms with Gasteiger partial charge in [0.2, 0.25) is 0 Å². The number of methoxy groups -OCH3 is 1. The first kappa shape index (κ1) is 27.3. The zero-order chi connectivity index (χ0) is 26.5. The van der Waals surface area contributed by atoms with E-state index in [1.807, 2.05) is 36.4 Å². The van der Waals surface area contributed by atoms with Crippen molar-refractivity contribution in [2.45, 2.75) is 65.4 Å². The number of rotatable bonds is 10. The van der Waals surface area contributed by atoms with Crippen LogP contribution < -0.4 is 9.47 Å². The molecule has 0 aliphatic rings. The molecule has 0 aliphatic carbocycles. The Hall–Kier alpha value is -3.34. The lowest BCUT2D eigenvalue weighted by molar-refractivity contribution is -0.137. The molecule has 0 bridgehead atoms. The number of hydrogen-bond acceptors (Lipinski definition) is 3. The van der Waals surface area contributed by atoms with E-state index in [-0.39, 0.29) is 23.6 Å². The maximum absolute atomic E-state index is 14.8. The van der Waals surface area contributed by atoms with Crippen LogP contribution in [0.15, 0.2) is 60.7 Å². The van der Waals surface area contributed by atoms with Gasteiger partial charge >= 0.3 is 5.97 Å². The second-order valence-electron chi connectivity index (χ2n) is 10.8. The number of carbonyl (C=O) groups is 1. The van der Waals surface area contributed by atoms with Gasteiger partial charge in [-0.15, -0.1) is 0 Å². The van der Waals surface area contributed by atoms with Gasteiger partial charge in [0.1, 0.15) is 23.9 Å². The van der Waals surface area contributed by atoms with E-state index >= 15 is 0 Å². The van der Waals surface area contributed by atoms with Gasteiger partial charge in [-0.1, -0.05) is 65.0 Å². The smallest absolute Gasteiger partial charge is 0.303 e. The predicted octanol–water partition coefficient (Wildman–Crippen LogP) is 7.98. The maximum Gasteiger partial charge on any atom is 0.303 e. The molecule has 0 spiro atoms. The van der Waals surface area contributed by atoms with Crippen molar-refractivity contribution < 1.29 is 23.8 Å². The summed E-state index contributed by atoms with van der Waals surface area (Å²) in [6.45, 7) is 10.9. The molecular weight excluding hydrogens is 455 g/mol. The largest absolute Gasteiger partial charge is 0.497 e. The Morgan fingerprint density at radius 3 is 2.36 bits per heavy atom. The Morgan fingerprint density at radius 1 is 0.972 bits per heavy atom. The average Bonchev–Trinajstić information content (AvgIpc) is 2.81. The normalized spacial score (nSPS) is 12.4. The summed E-state index contributed by atoms with van der Waals surface area (Å²) >= 11 is 0. The zero-order valence-corrected chi connectivity index (χ0v) is 22.1. The van der Waals surface area contributed by atoms with Crippen molar-refractivity contribution in [3.8, 4) is 22.6 Å². The highest BCUT2D eigenvalue weighted by molar-refractivity contribution is 5.71. The number of aliphatic carboxylic acids is 1. The fraction of sp³-hybridized carbons (Fsp3) is 0.387. The van der Waals surface area contributed by atoms with Crippen LogP contribution in [0.4, 0.5) is 4.39 Å². The first-order chi connectivity index (χ1) is 17.0. The van der Waals surface area contributed by atoms with E-state index in [1.165, 1.54) is 6.07 Å². The lowest BCUT2D eigenvalue weighted by Crippen LogP contribution is -2.14. The summed E-state index contributed by atoms with van der Waals surface area (Å²) in [5, 5.41) is 9.36. The second-order valence-corrected chi connectivity index (χ2v) is 10.8. The number of ether oxygens (including phenoxy) is 2. The van der Waals surface area contributed by atoms with Crippen molar-refractivity contribution in [3.63, 3.8) is 0 Å². The molecule has 192 valence electrons. The van der Waals surface area contributed by atoms with Crippen LogP contribution in [0.5, 0.6) is 11.5 Å². The SMILES string of the molecule is COc1ccc(F)c(-c2ccc(COc3cccc([C@H](CC(=O)O)CC(C)C)c3)cc2C(C)(C)C)c1. The van der Waals surface area contributed by atoms with E-state index in [2.05, 4.69) is 40.7 Å². The summed E-state index contributed by atoms with van der Waals surface area (Å²) < 4.78 is 26.2. The molecule has 1 atom stereocenters. The minimum Gasteiger partial charge on any atom is -0.497 e. The summed E-state index contributed by atoms with van der Waals surface area (Å²) in [4.78, 5) is 11.4. The molecule has 4 nitrogen and oxygen atoms in total. The molecule has 0 saturated carbocycles. The summed E-state index contributed by atoms with van der Waals surface area (Å²) in [6.07, 6.45) is 0.895. The van der Waals surface area contributed by atoms with Crippen molar-refractivity contribution in [1.82, 2.24) is 0 Å². The molecule has 0 fully saturated rings. The van der Waals surface area contributed by atoms with Crippen LogP contribution in [0.25, 0.3) is 11.1 Å². The third kappa shape index (κ3) is 7.09. The van der Waals surface area contributed by atoms with Gasteiger partial charge in [0.05, 0.1) is 13.5 Å². The standard InChI is InChI=1S/C31H37FO4/c1-20(2)14-23(17-30(33)34)22-8-7-9-25(16-22)36-19-21-10-12-26(28(15-21)31(3,4)5)27-18-24(35-6)11-13-29(27)32/h7-13,15-16,18,20,23H,14,17,19H2,1-6H3,(H,33,34)/t23-/m0/s1. The maximum atomic E-state index is 14.8. The molecule has 36 heavy (non-hydrogen) atoms. The number of hydrogen-bond donors (Lipinski definition) is 1. The van der Waals surface area contributed by atoms with Crippen LogP contribution in [-0.2, 0) is 16.8 Å². The van der Waals surface area contributed by atoms with Crippen LogP contribution in [0.1, 0.15) is 70.1 Å². The van der Waals surface area contributed by atoms with E-state index in [1.54, 1.807) is 19.2 Å². The highest BCUT2D eigenvalue weighted by Gasteiger charge is 2.22. The van der Waals surface area contributed by atoms with Crippen LogP contribution in [-0.4, -0.2) is 18.2 Å². The zero-order valence-electron chi connectivity index (χ0n) is 22.1. The predicted molar refractivity (Wildman–Crippen MR) is 142 cm³/mol. The van der Waals surface area contributed by atoms with Crippen molar-refractivity contribution in [3.05, 3.63) is 83.2 Å². The van der Waals surface area contributed by atoms with Crippen LogP contribution >= 0.6 is 0 Å². The van der Waals surface area contributed by atoms with Crippen molar-refractivity contribution in [2.75, 3.05) is 7.11 Å². The summed E-state index contributed by atoms with van der Waals surface area (Å²) in [5.74, 6) is 0.552. The molecule has 3 aromatic carbocycles. The second kappa shape index (κ2) is 11.6. The third-order valence-electron chi connectivity index (χ3n) is 6.27. The van der Waals surface area contributed by atoms with E-state index in [0.717, 1.165) is 28.7 Å². The Morgan fingerprint density at radius 2 is 1.72 bits per heavy atom. The molecular formula is C31H37FO4.